The first-order valence-corrected chi connectivity index (χ1v) is 28.5. The van der Waals surface area contributed by atoms with Crippen molar-refractivity contribution in [2.75, 3.05) is 108 Å². The van der Waals surface area contributed by atoms with Crippen LogP contribution >= 0.6 is 0 Å². The SMILES string of the molecule is C[C@@H]1CN(C(=O)N(C)CCOCCOCCOCCOCCCc2cccc3c2CN(C2CCC(=O)NC2=O)C3=O)CCN1c1ccc(Nc2cc(-c3ccnc(N4CCn5c(cc6c5CC(C)(C)C6)C4=O)c3CO)cn(C)c2=O)nc1. The number of anilines is 4. The molecule has 436 valence electrons. The molecule has 2 saturated heterocycles. The average molecular weight is 1130 g/mol. The van der Waals surface area contributed by atoms with Gasteiger partial charge in [0.2, 0.25) is 11.8 Å². The number of benzene rings is 1. The standard InChI is InChI=1S/C60H75N11O11/c1-39-35-67(59(78)65(4)21-23-80-25-27-82-29-28-81-26-24-79-22-7-9-40-8-6-10-45-46(40)37-71(56(45)75)49-12-14-53(73)64-55(49)74)17-18-68(39)43-11-13-52(62-34-43)63-48-30-42(36-66(5)57(48)76)44-15-16-61-54(47(44)38-72)70-20-19-69-50(58(70)77)31-41-32-60(2,3)33-51(41)69/h6,8,10-11,13,15-16,30-31,34,36,39,49,72H,7,9,12,14,17-29,32-33,35,37-38H2,1-5H3,(H,62,63)(H,64,73,74)/t39-,49?/m1/s1. The minimum Gasteiger partial charge on any atom is -0.392 e. The maximum Gasteiger partial charge on any atom is 0.319 e. The lowest BCUT2D eigenvalue weighted by Gasteiger charge is -2.42. The molecule has 3 N–H and O–H groups in total. The second-order valence-electron chi connectivity index (χ2n) is 22.6. The summed E-state index contributed by atoms with van der Waals surface area (Å²) >= 11 is 0. The maximum atomic E-state index is 14.0. The fourth-order valence-electron chi connectivity index (χ4n) is 12.0. The summed E-state index contributed by atoms with van der Waals surface area (Å²) in [5.41, 5.74) is 8.62. The molecule has 2 fully saturated rings. The molecule has 0 spiro atoms. The summed E-state index contributed by atoms with van der Waals surface area (Å²) in [6.07, 6.45) is 9.03. The highest BCUT2D eigenvalue weighted by Crippen LogP contribution is 2.40. The van der Waals surface area contributed by atoms with Crippen molar-refractivity contribution >= 4 is 52.7 Å². The van der Waals surface area contributed by atoms with E-state index in [2.05, 4.69) is 50.8 Å². The Morgan fingerprint density at radius 2 is 1.61 bits per heavy atom. The number of carbonyl (C=O) groups excluding carboxylic acids is 5. The summed E-state index contributed by atoms with van der Waals surface area (Å²) in [7, 11) is 3.45. The number of piperidine rings is 1. The Labute approximate surface area is 477 Å². The number of carbonyl (C=O) groups is 5. The molecule has 5 aromatic rings. The van der Waals surface area contributed by atoms with Crippen molar-refractivity contribution in [2.45, 2.75) is 91.1 Å². The minimum absolute atomic E-state index is 0.0101. The Morgan fingerprint density at radius 1 is 0.854 bits per heavy atom. The van der Waals surface area contributed by atoms with Crippen molar-refractivity contribution in [3.05, 3.63) is 117 Å². The Morgan fingerprint density at radius 3 is 2.33 bits per heavy atom. The number of nitrogens with one attached hydrogen (secondary N) is 2. The number of imide groups is 1. The molecular weight excluding hydrogens is 1050 g/mol. The van der Waals surface area contributed by atoms with Gasteiger partial charge in [-0.05, 0) is 103 Å². The van der Waals surface area contributed by atoms with E-state index in [1.807, 2.05) is 35.2 Å². The van der Waals surface area contributed by atoms with Gasteiger partial charge < -0.3 is 58.1 Å². The van der Waals surface area contributed by atoms with E-state index in [9.17, 15) is 33.9 Å². The van der Waals surface area contributed by atoms with Gasteiger partial charge in [0.15, 0.2) is 0 Å². The molecule has 0 bridgehead atoms. The number of pyridine rings is 3. The largest absolute Gasteiger partial charge is 0.392 e. The van der Waals surface area contributed by atoms with E-state index in [0.29, 0.717) is 150 Å². The predicted molar refractivity (Wildman–Crippen MR) is 306 cm³/mol. The molecule has 1 unspecified atom stereocenters. The van der Waals surface area contributed by atoms with E-state index in [0.717, 1.165) is 42.5 Å². The second kappa shape index (κ2) is 25.3. The van der Waals surface area contributed by atoms with Gasteiger partial charge in [0.25, 0.3) is 17.4 Å². The van der Waals surface area contributed by atoms with Gasteiger partial charge in [-0.1, -0.05) is 26.0 Å². The molecule has 6 amide bonds. The number of nitrogens with zero attached hydrogens (tertiary/aromatic N) is 9. The smallest absolute Gasteiger partial charge is 0.319 e. The van der Waals surface area contributed by atoms with Gasteiger partial charge in [-0.15, -0.1) is 0 Å². The van der Waals surface area contributed by atoms with Gasteiger partial charge in [-0.2, -0.15) is 0 Å². The quantitative estimate of drug-likeness (QED) is 0.0595. The van der Waals surface area contributed by atoms with Crippen LogP contribution in [0.3, 0.4) is 0 Å². The zero-order chi connectivity index (χ0) is 57.7. The van der Waals surface area contributed by atoms with Crippen LogP contribution in [0.1, 0.15) is 88.8 Å². The van der Waals surface area contributed by atoms with Gasteiger partial charge in [-0.3, -0.25) is 34.2 Å². The number of aromatic nitrogens is 4. The zero-order valence-electron chi connectivity index (χ0n) is 47.6. The van der Waals surface area contributed by atoms with Gasteiger partial charge in [0, 0.05) is 114 Å². The molecule has 2 atom stereocenters. The molecule has 4 aromatic heterocycles. The monoisotopic (exact) mass is 1130 g/mol. The van der Waals surface area contributed by atoms with Crippen LogP contribution in [0.4, 0.5) is 27.8 Å². The number of likely N-dealkylation sites (N-methyl/N-ethyl adjacent to an activating group) is 1. The van der Waals surface area contributed by atoms with E-state index < -0.39 is 11.9 Å². The van der Waals surface area contributed by atoms with Crippen molar-refractivity contribution in [1.82, 2.24) is 39.1 Å². The predicted octanol–water partition coefficient (Wildman–Crippen LogP) is 4.69. The molecule has 22 heteroatoms. The van der Waals surface area contributed by atoms with Crippen molar-refractivity contribution in [3.63, 3.8) is 0 Å². The summed E-state index contributed by atoms with van der Waals surface area (Å²) in [6, 6.07) is 14.3. The Balaban J connectivity index is 0.600. The summed E-state index contributed by atoms with van der Waals surface area (Å²) in [5.74, 6) is -0.160. The number of aryl methyl sites for hydroxylation is 2. The number of piperazine rings is 1. The number of aliphatic hydroxyl groups is 1. The second-order valence-corrected chi connectivity index (χ2v) is 22.6. The van der Waals surface area contributed by atoms with Crippen molar-refractivity contribution < 1.29 is 48.0 Å². The average Bonchev–Trinajstić information content (AvgIpc) is 4.22. The molecular formula is C60H75N11O11. The van der Waals surface area contributed by atoms with Crippen LogP contribution in [0.2, 0.25) is 0 Å². The van der Waals surface area contributed by atoms with E-state index >= 15 is 0 Å². The Bertz CT molecular complexity index is 3250. The molecule has 0 radical (unpaired) electrons. The third-order valence-corrected chi connectivity index (χ3v) is 16.2. The molecule has 1 aromatic carbocycles. The van der Waals surface area contributed by atoms with E-state index in [1.54, 1.807) is 65.6 Å². The van der Waals surface area contributed by atoms with Crippen molar-refractivity contribution in [2.24, 2.45) is 12.5 Å². The highest BCUT2D eigenvalue weighted by molar-refractivity contribution is 6.07. The molecule has 1 aliphatic carbocycles. The lowest BCUT2D eigenvalue weighted by molar-refractivity contribution is -0.136. The third kappa shape index (κ3) is 12.6. The van der Waals surface area contributed by atoms with Crippen LogP contribution in [-0.4, -0.2) is 173 Å². The fourth-order valence-corrected chi connectivity index (χ4v) is 12.0. The summed E-state index contributed by atoms with van der Waals surface area (Å²) in [5, 5.41) is 16.4. The van der Waals surface area contributed by atoms with Gasteiger partial charge >= 0.3 is 6.03 Å². The fraction of sp³-hybridized carbons (Fsp3) is 0.500. The lowest BCUT2D eigenvalue weighted by atomic mass is 9.90. The number of amides is 6. The van der Waals surface area contributed by atoms with Crippen molar-refractivity contribution in [1.29, 1.82) is 0 Å². The van der Waals surface area contributed by atoms with E-state index in [1.165, 1.54) is 15.8 Å². The van der Waals surface area contributed by atoms with Crippen LogP contribution < -0.4 is 26.0 Å². The molecule has 0 saturated carbocycles. The summed E-state index contributed by atoms with van der Waals surface area (Å²) in [4.78, 5) is 96.4. The first kappa shape index (κ1) is 57.7. The minimum atomic E-state index is -0.634. The van der Waals surface area contributed by atoms with Gasteiger partial charge in [-0.25, -0.2) is 14.8 Å². The number of fused-ring (bicyclic) bond motifs is 4. The number of hydrogen-bond donors (Lipinski definition) is 3. The zero-order valence-corrected chi connectivity index (χ0v) is 47.6. The van der Waals surface area contributed by atoms with Crippen LogP contribution in [0.25, 0.3) is 11.1 Å². The van der Waals surface area contributed by atoms with Crippen LogP contribution in [0.15, 0.2) is 71.9 Å². The molecule has 4 aliphatic heterocycles. The van der Waals surface area contributed by atoms with E-state index in [-0.39, 0.29) is 53.8 Å². The highest BCUT2D eigenvalue weighted by atomic mass is 16.6. The Kier molecular flexibility index (Phi) is 17.8. The number of rotatable bonds is 23. The van der Waals surface area contributed by atoms with Gasteiger partial charge in [0.05, 0.1) is 64.7 Å². The molecule has 8 heterocycles. The number of ether oxygens (including phenoxy) is 4. The van der Waals surface area contributed by atoms with Gasteiger partial charge in [0.1, 0.15) is 29.1 Å². The number of aliphatic hydroxyl groups excluding tert-OH is 1. The summed E-state index contributed by atoms with van der Waals surface area (Å²) < 4.78 is 26.5. The maximum absolute atomic E-state index is 14.0. The summed E-state index contributed by atoms with van der Waals surface area (Å²) in [6.45, 7) is 13.1. The van der Waals surface area contributed by atoms with E-state index in [4.69, 9.17) is 18.9 Å². The Hall–Kier alpha value is -7.50. The number of hydrogen-bond acceptors (Lipinski definition) is 15. The highest BCUT2D eigenvalue weighted by Gasteiger charge is 2.41. The first-order chi connectivity index (χ1) is 39.6. The van der Waals surface area contributed by atoms with Crippen LogP contribution in [0, 0.1) is 5.41 Å². The molecule has 5 aliphatic rings. The van der Waals surface area contributed by atoms with Crippen LogP contribution in [-0.2, 0) is 74.5 Å². The van der Waals surface area contributed by atoms with Crippen LogP contribution in [0.5, 0.6) is 0 Å². The molecule has 10 rings (SSSR count). The third-order valence-electron chi connectivity index (χ3n) is 16.2. The molecule has 82 heavy (non-hydrogen) atoms. The molecule has 22 nitrogen and oxygen atoms in total. The van der Waals surface area contributed by atoms with Crippen molar-refractivity contribution in [3.8, 4) is 11.1 Å². The lowest BCUT2D eigenvalue weighted by Crippen LogP contribution is -2.56. The first-order valence-electron chi connectivity index (χ1n) is 28.5. The normalized spacial score (nSPS) is 18.5. The number of urea groups is 1. The topological polar surface area (TPSA) is 235 Å².